The first-order valence-corrected chi connectivity index (χ1v) is 5.62. The molecule has 86 valence electrons. The van der Waals surface area contributed by atoms with Crippen molar-refractivity contribution < 1.29 is 9.53 Å². The lowest BCUT2D eigenvalue weighted by Gasteiger charge is -2.06. The third-order valence-electron chi connectivity index (χ3n) is 2.45. The number of esters is 1. The van der Waals surface area contributed by atoms with E-state index in [1.165, 1.54) is 0 Å². The summed E-state index contributed by atoms with van der Waals surface area (Å²) in [5.41, 5.74) is 1.11. The van der Waals surface area contributed by atoms with Crippen LogP contribution < -0.4 is 0 Å². The molecule has 0 saturated heterocycles. The van der Waals surface area contributed by atoms with Crippen LogP contribution in [0.1, 0.15) is 25.8 Å². The first-order chi connectivity index (χ1) is 7.74. The highest BCUT2D eigenvalue weighted by atomic mass is 16.5. The van der Waals surface area contributed by atoms with E-state index in [4.69, 9.17) is 4.74 Å². The number of carbonyl (C=O) groups excluding carboxylic acids is 1. The van der Waals surface area contributed by atoms with Crippen molar-refractivity contribution in [2.75, 3.05) is 6.61 Å². The van der Waals surface area contributed by atoms with Gasteiger partial charge in [-0.05, 0) is 18.1 Å². The number of carbonyl (C=O) groups is 1. The predicted molar refractivity (Wildman–Crippen MR) is 65.9 cm³/mol. The Morgan fingerprint density at radius 3 is 2.69 bits per heavy atom. The normalized spacial score (nSPS) is 12.6. The number of hydrogen-bond donors (Lipinski definition) is 0. The van der Waals surface area contributed by atoms with Crippen LogP contribution >= 0.6 is 0 Å². The highest BCUT2D eigenvalue weighted by Crippen LogP contribution is 2.04. The number of rotatable bonds is 5. The van der Waals surface area contributed by atoms with Crippen LogP contribution in [0.4, 0.5) is 0 Å². The summed E-state index contributed by atoms with van der Waals surface area (Å²) in [5.74, 6) is -0.134. The Kier molecular flexibility index (Phi) is 5.34. The Bertz CT molecular complexity index is 341. The van der Waals surface area contributed by atoms with Crippen LogP contribution in [0.3, 0.4) is 0 Å². The second-order valence-corrected chi connectivity index (χ2v) is 3.75. The summed E-state index contributed by atoms with van der Waals surface area (Å²) in [6.07, 6.45) is 4.63. The molecule has 0 fully saturated rings. The molecule has 2 nitrogen and oxygen atoms in total. The third-order valence-corrected chi connectivity index (χ3v) is 2.45. The summed E-state index contributed by atoms with van der Waals surface area (Å²) >= 11 is 0. The lowest BCUT2D eigenvalue weighted by molar-refractivity contribution is -0.146. The van der Waals surface area contributed by atoms with Gasteiger partial charge in [-0.1, -0.05) is 50.3 Å². The fraction of sp³-hybridized carbons (Fsp3) is 0.357. The Morgan fingerprint density at radius 1 is 1.38 bits per heavy atom. The van der Waals surface area contributed by atoms with E-state index in [2.05, 4.69) is 0 Å². The molecule has 1 atom stereocenters. The van der Waals surface area contributed by atoms with E-state index < -0.39 is 0 Å². The number of hydrogen-bond acceptors (Lipinski definition) is 2. The van der Waals surface area contributed by atoms with Gasteiger partial charge in [0, 0.05) is 0 Å². The fourth-order valence-electron chi connectivity index (χ4n) is 1.19. The summed E-state index contributed by atoms with van der Waals surface area (Å²) < 4.78 is 5.09. The fourth-order valence-corrected chi connectivity index (χ4v) is 1.19. The van der Waals surface area contributed by atoms with Crippen molar-refractivity contribution in [3.63, 3.8) is 0 Å². The minimum absolute atomic E-state index is 0.00914. The van der Waals surface area contributed by atoms with E-state index in [1.807, 2.05) is 56.3 Å². The van der Waals surface area contributed by atoms with Gasteiger partial charge < -0.3 is 4.74 Å². The van der Waals surface area contributed by atoms with Gasteiger partial charge in [-0.3, -0.25) is 4.79 Å². The molecule has 0 spiro atoms. The van der Waals surface area contributed by atoms with E-state index >= 15 is 0 Å². The lowest BCUT2D eigenvalue weighted by Crippen LogP contribution is -2.13. The second kappa shape index (κ2) is 6.83. The second-order valence-electron chi connectivity index (χ2n) is 3.75. The van der Waals surface area contributed by atoms with Crippen molar-refractivity contribution in [1.82, 2.24) is 0 Å². The van der Waals surface area contributed by atoms with Gasteiger partial charge in [0.2, 0.25) is 0 Å². The first-order valence-electron chi connectivity index (χ1n) is 5.62. The summed E-state index contributed by atoms with van der Waals surface area (Å²) in [7, 11) is 0. The molecule has 0 aliphatic carbocycles. The summed E-state index contributed by atoms with van der Waals surface area (Å²) in [4.78, 5) is 11.3. The molecule has 0 aliphatic rings. The Balaban J connectivity index is 2.31. The van der Waals surface area contributed by atoms with Gasteiger partial charge in [-0.2, -0.15) is 0 Å². The maximum Gasteiger partial charge on any atom is 0.308 e. The Labute approximate surface area is 96.9 Å². The highest BCUT2D eigenvalue weighted by molar-refractivity contribution is 5.72. The molecule has 16 heavy (non-hydrogen) atoms. The van der Waals surface area contributed by atoms with E-state index in [0.29, 0.717) is 6.61 Å². The van der Waals surface area contributed by atoms with E-state index in [0.717, 1.165) is 12.0 Å². The van der Waals surface area contributed by atoms with Crippen LogP contribution in [0.15, 0.2) is 36.4 Å². The van der Waals surface area contributed by atoms with Gasteiger partial charge in [0.25, 0.3) is 0 Å². The standard InChI is InChI=1S/C14H18O2/c1-3-12(2)14(15)16-11-7-10-13-8-5-4-6-9-13/h4-10,12H,3,11H2,1-2H3/b10-7+/t12-/m0/s1. The quantitative estimate of drug-likeness (QED) is 0.709. The van der Waals surface area contributed by atoms with Gasteiger partial charge in [-0.15, -0.1) is 0 Å². The van der Waals surface area contributed by atoms with Crippen molar-refractivity contribution in [3.8, 4) is 0 Å². The third kappa shape index (κ3) is 4.30. The zero-order valence-corrected chi connectivity index (χ0v) is 9.85. The van der Waals surface area contributed by atoms with E-state index in [9.17, 15) is 4.79 Å². The molecule has 0 saturated carbocycles. The average molecular weight is 218 g/mol. The van der Waals surface area contributed by atoms with Gasteiger partial charge >= 0.3 is 5.97 Å². The Morgan fingerprint density at radius 2 is 2.06 bits per heavy atom. The summed E-state index contributed by atoms with van der Waals surface area (Å²) in [5, 5.41) is 0. The molecule has 1 aromatic carbocycles. The van der Waals surface area contributed by atoms with Crippen LogP contribution in [-0.2, 0) is 9.53 Å². The zero-order chi connectivity index (χ0) is 11.8. The van der Waals surface area contributed by atoms with Crippen molar-refractivity contribution >= 4 is 12.0 Å². The molecule has 0 radical (unpaired) electrons. The summed E-state index contributed by atoms with van der Waals surface area (Å²) in [6.45, 7) is 4.20. The van der Waals surface area contributed by atoms with Gasteiger partial charge in [-0.25, -0.2) is 0 Å². The molecule has 0 unspecified atom stereocenters. The van der Waals surface area contributed by atoms with Crippen molar-refractivity contribution in [2.24, 2.45) is 5.92 Å². The lowest BCUT2D eigenvalue weighted by atomic mass is 10.1. The molecular weight excluding hydrogens is 200 g/mol. The van der Waals surface area contributed by atoms with E-state index in [-0.39, 0.29) is 11.9 Å². The maximum absolute atomic E-state index is 11.3. The van der Waals surface area contributed by atoms with Crippen LogP contribution in [0.2, 0.25) is 0 Å². The summed E-state index contributed by atoms with van der Waals surface area (Å²) in [6, 6.07) is 9.94. The largest absolute Gasteiger partial charge is 0.461 e. The first kappa shape index (κ1) is 12.5. The van der Waals surface area contributed by atoms with Gasteiger partial charge in [0.05, 0.1) is 5.92 Å². The van der Waals surface area contributed by atoms with Crippen molar-refractivity contribution in [2.45, 2.75) is 20.3 Å². The van der Waals surface area contributed by atoms with Crippen molar-refractivity contribution in [3.05, 3.63) is 42.0 Å². The smallest absolute Gasteiger partial charge is 0.308 e. The Hall–Kier alpha value is -1.57. The molecule has 0 aromatic heterocycles. The van der Waals surface area contributed by atoms with Crippen LogP contribution in [0.5, 0.6) is 0 Å². The van der Waals surface area contributed by atoms with Gasteiger partial charge in [0.15, 0.2) is 0 Å². The molecule has 1 aromatic rings. The number of benzene rings is 1. The monoisotopic (exact) mass is 218 g/mol. The zero-order valence-electron chi connectivity index (χ0n) is 9.85. The van der Waals surface area contributed by atoms with E-state index in [1.54, 1.807) is 0 Å². The van der Waals surface area contributed by atoms with Gasteiger partial charge in [0.1, 0.15) is 6.61 Å². The topological polar surface area (TPSA) is 26.3 Å². The van der Waals surface area contributed by atoms with Crippen molar-refractivity contribution in [1.29, 1.82) is 0 Å². The maximum atomic E-state index is 11.3. The molecule has 0 N–H and O–H groups in total. The molecular formula is C14H18O2. The minimum atomic E-state index is -0.125. The van der Waals surface area contributed by atoms with Crippen LogP contribution in [0, 0.1) is 5.92 Å². The molecule has 0 amide bonds. The predicted octanol–water partition coefficient (Wildman–Crippen LogP) is 3.29. The average Bonchev–Trinajstić information content (AvgIpc) is 2.34. The SMILES string of the molecule is CC[C@H](C)C(=O)OC/C=C/c1ccccc1. The van der Waals surface area contributed by atoms with Crippen LogP contribution in [0.25, 0.3) is 6.08 Å². The molecule has 2 heteroatoms. The minimum Gasteiger partial charge on any atom is -0.461 e. The molecule has 1 rings (SSSR count). The molecule has 0 bridgehead atoms. The molecule has 0 heterocycles. The highest BCUT2D eigenvalue weighted by Gasteiger charge is 2.10. The number of ether oxygens (including phenoxy) is 1. The van der Waals surface area contributed by atoms with Crippen LogP contribution in [-0.4, -0.2) is 12.6 Å². The molecule has 0 aliphatic heterocycles.